The summed E-state index contributed by atoms with van der Waals surface area (Å²) in [5.74, 6) is 1.06. The molecule has 1 N–H and O–H groups in total. The Bertz CT molecular complexity index is 1120. The van der Waals surface area contributed by atoms with Crippen LogP contribution in [0.3, 0.4) is 0 Å². The predicted molar refractivity (Wildman–Crippen MR) is 112 cm³/mol. The molecule has 152 valence electrons. The lowest BCUT2D eigenvalue weighted by molar-refractivity contribution is 0.0531. The number of hydrogen-bond acceptors (Lipinski definition) is 7. The Labute approximate surface area is 172 Å². The van der Waals surface area contributed by atoms with Crippen molar-refractivity contribution in [1.82, 2.24) is 14.9 Å². The van der Waals surface area contributed by atoms with Gasteiger partial charge in [0.25, 0.3) is 5.56 Å². The first-order valence-electron chi connectivity index (χ1n) is 9.64. The molecule has 8 heteroatoms. The maximum absolute atomic E-state index is 12.8. The van der Waals surface area contributed by atoms with Gasteiger partial charge in [-0.3, -0.25) is 9.69 Å². The molecule has 0 spiro atoms. The fourth-order valence-corrected chi connectivity index (χ4v) is 4.68. The summed E-state index contributed by atoms with van der Waals surface area (Å²) in [5.41, 5.74) is 1.50. The van der Waals surface area contributed by atoms with E-state index in [2.05, 4.69) is 9.88 Å². The molecule has 0 amide bonds. The first kappa shape index (κ1) is 19.6. The molecule has 3 heterocycles. The number of carbonyl (C=O) groups excluding carboxylic acids is 1. The molecular weight excluding hydrogens is 390 g/mol. The molecule has 29 heavy (non-hydrogen) atoms. The molecular formula is C21H23N3O4S. The Hall–Kier alpha value is -2.71. The maximum Gasteiger partial charge on any atom is 0.348 e. The number of fused-ring (bicyclic) bond motifs is 2. The average Bonchev–Trinajstić information content (AvgIpc) is 2.91. The second kappa shape index (κ2) is 7.96. The topological polar surface area (TPSA) is 84.5 Å². The summed E-state index contributed by atoms with van der Waals surface area (Å²) in [6.07, 6.45) is 0. The van der Waals surface area contributed by atoms with E-state index in [4.69, 9.17) is 14.5 Å². The van der Waals surface area contributed by atoms with Crippen molar-refractivity contribution in [2.75, 3.05) is 19.8 Å². The zero-order valence-corrected chi connectivity index (χ0v) is 17.5. The Balaban J connectivity index is 1.69. The van der Waals surface area contributed by atoms with E-state index in [1.165, 1.54) is 11.3 Å². The number of nitrogens with zero attached hydrogens (tertiary/aromatic N) is 2. The van der Waals surface area contributed by atoms with Crippen LogP contribution >= 0.6 is 11.3 Å². The zero-order valence-electron chi connectivity index (χ0n) is 16.7. The van der Waals surface area contributed by atoms with Crippen molar-refractivity contribution >= 4 is 27.5 Å². The number of aromatic nitrogens is 2. The van der Waals surface area contributed by atoms with Crippen molar-refractivity contribution in [3.63, 3.8) is 0 Å². The number of thiophene rings is 1. The minimum atomic E-state index is -0.414. The number of ether oxygens (including phenoxy) is 2. The number of nitrogens with one attached hydrogen (secondary N) is 1. The standard InChI is InChI=1S/C21H23N3O4S/c1-4-27-21(26)17-12(2)16-19(25)22-18(23-20(16)29-17)13(3)24-9-10-28-15-8-6-5-7-14(15)11-24/h5-8,13H,4,9-11H2,1-3H3,(H,22,23,25). The highest BCUT2D eigenvalue weighted by Crippen LogP contribution is 2.30. The summed E-state index contributed by atoms with van der Waals surface area (Å²) in [6.45, 7) is 7.81. The first-order chi connectivity index (χ1) is 14.0. The van der Waals surface area contributed by atoms with E-state index in [9.17, 15) is 9.59 Å². The molecule has 3 aromatic rings. The summed E-state index contributed by atoms with van der Waals surface area (Å²) in [4.78, 5) is 35.8. The van der Waals surface area contributed by atoms with Crippen molar-refractivity contribution in [3.8, 4) is 5.75 Å². The van der Waals surface area contributed by atoms with E-state index in [0.717, 1.165) is 17.9 Å². The molecule has 1 unspecified atom stereocenters. The third kappa shape index (κ3) is 3.65. The van der Waals surface area contributed by atoms with E-state index >= 15 is 0 Å². The number of carbonyl (C=O) groups is 1. The number of rotatable bonds is 4. The van der Waals surface area contributed by atoms with Gasteiger partial charge in [0.2, 0.25) is 0 Å². The SMILES string of the molecule is CCOC(=O)c1sc2nc(C(C)N3CCOc4ccccc4C3)[nH]c(=O)c2c1C. The van der Waals surface area contributed by atoms with Crippen molar-refractivity contribution in [3.05, 3.63) is 56.4 Å². The van der Waals surface area contributed by atoms with E-state index in [1.807, 2.05) is 31.2 Å². The van der Waals surface area contributed by atoms with Gasteiger partial charge in [-0.05, 0) is 32.4 Å². The zero-order chi connectivity index (χ0) is 20.5. The minimum absolute atomic E-state index is 0.115. The Morgan fingerprint density at radius 2 is 2.21 bits per heavy atom. The lowest BCUT2D eigenvalue weighted by Gasteiger charge is -2.26. The second-order valence-corrected chi connectivity index (χ2v) is 8.01. The van der Waals surface area contributed by atoms with Crippen molar-refractivity contribution in [2.45, 2.75) is 33.4 Å². The van der Waals surface area contributed by atoms with Crippen LogP contribution in [0.2, 0.25) is 0 Å². The molecule has 1 aromatic carbocycles. The van der Waals surface area contributed by atoms with E-state index < -0.39 is 5.97 Å². The number of aromatic amines is 1. The van der Waals surface area contributed by atoms with Gasteiger partial charge >= 0.3 is 5.97 Å². The quantitative estimate of drug-likeness (QED) is 0.660. The normalized spacial score (nSPS) is 15.4. The van der Waals surface area contributed by atoms with Crippen LogP contribution < -0.4 is 10.3 Å². The van der Waals surface area contributed by atoms with Gasteiger partial charge in [0.1, 0.15) is 27.9 Å². The summed E-state index contributed by atoms with van der Waals surface area (Å²) in [6, 6.07) is 7.86. The molecule has 4 rings (SSSR count). The highest BCUT2D eigenvalue weighted by molar-refractivity contribution is 7.20. The smallest absolute Gasteiger partial charge is 0.348 e. The van der Waals surface area contributed by atoms with Crippen LogP contribution in [0.25, 0.3) is 10.2 Å². The van der Waals surface area contributed by atoms with Crippen molar-refractivity contribution in [1.29, 1.82) is 0 Å². The summed E-state index contributed by atoms with van der Waals surface area (Å²) in [7, 11) is 0. The van der Waals surface area contributed by atoms with Crippen LogP contribution in [0.5, 0.6) is 5.75 Å². The number of esters is 1. The fourth-order valence-electron chi connectivity index (χ4n) is 3.60. The summed E-state index contributed by atoms with van der Waals surface area (Å²) < 4.78 is 11.0. The van der Waals surface area contributed by atoms with Crippen LogP contribution in [-0.4, -0.2) is 40.6 Å². The molecule has 1 atom stereocenters. The lowest BCUT2D eigenvalue weighted by atomic mass is 10.1. The van der Waals surface area contributed by atoms with Crippen molar-refractivity contribution < 1.29 is 14.3 Å². The molecule has 0 aliphatic carbocycles. The third-order valence-corrected chi connectivity index (χ3v) is 6.37. The van der Waals surface area contributed by atoms with Gasteiger partial charge in [-0.2, -0.15) is 0 Å². The molecule has 2 aromatic heterocycles. The summed E-state index contributed by atoms with van der Waals surface area (Å²) >= 11 is 1.21. The first-order valence-corrected chi connectivity index (χ1v) is 10.5. The van der Waals surface area contributed by atoms with Gasteiger partial charge in [0, 0.05) is 18.7 Å². The fraction of sp³-hybridized carbons (Fsp3) is 0.381. The Morgan fingerprint density at radius 1 is 1.41 bits per heavy atom. The monoisotopic (exact) mass is 413 g/mol. The largest absolute Gasteiger partial charge is 0.492 e. The second-order valence-electron chi connectivity index (χ2n) is 7.01. The van der Waals surface area contributed by atoms with E-state index in [0.29, 0.717) is 39.6 Å². The predicted octanol–water partition coefficient (Wildman–Crippen LogP) is 3.43. The van der Waals surface area contributed by atoms with Crippen LogP contribution in [-0.2, 0) is 11.3 Å². The number of aryl methyl sites for hydroxylation is 1. The van der Waals surface area contributed by atoms with Gasteiger partial charge in [-0.1, -0.05) is 18.2 Å². The molecule has 0 saturated heterocycles. The molecule has 0 fully saturated rings. The summed E-state index contributed by atoms with van der Waals surface area (Å²) in [5, 5.41) is 0.457. The van der Waals surface area contributed by atoms with Gasteiger partial charge in [0.15, 0.2) is 0 Å². The van der Waals surface area contributed by atoms with E-state index in [1.54, 1.807) is 13.8 Å². The number of para-hydroxylation sites is 1. The van der Waals surface area contributed by atoms with Crippen LogP contribution in [0, 0.1) is 6.92 Å². The Kier molecular flexibility index (Phi) is 5.38. The molecule has 7 nitrogen and oxygen atoms in total. The van der Waals surface area contributed by atoms with Gasteiger partial charge in [-0.25, -0.2) is 9.78 Å². The molecule has 1 aliphatic heterocycles. The van der Waals surface area contributed by atoms with Crippen LogP contribution in [0.15, 0.2) is 29.1 Å². The molecule has 0 saturated carbocycles. The molecule has 0 bridgehead atoms. The minimum Gasteiger partial charge on any atom is -0.492 e. The van der Waals surface area contributed by atoms with Gasteiger partial charge in [0.05, 0.1) is 18.0 Å². The highest BCUT2D eigenvalue weighted by Gasteiger charge is 2.25. The van der Waals surface area contributed by atoms with Crippen LogP contribution in [0.4, 0.5) is 0 Å². The van der Waals surface area contributed by atoms with Crippen molar-refractivity contribution in [2.24, 2.45) is 0 Å². The highest BCUT2D eigenvalue weighted by atomic mass is 32.1. The average molecular weight is 413 g/mol. The Morgan fingerprint density at radius 3 is 3.00 bits per heavy atom. The number of hydrogen-bond donors (Lipinski definition) is 1. The number of H-pyrrole nitrogens is 1. The van der Waals surface area contributed by atoms with Gasteiger partial charge < -0.3 is 14.5 Å². The van der Waals surface area contributed by atoms with E-state index in [-0.39, 0.29) is 18.2 Å². The van der Waals surface area contributed by atoms with Crippen LogP contribution in [0.1, 0.15) is 46.5 Å². The maximum atomic E-state index is 12.8. The van der Waals surface area contributed by atoms with Gasteiger partial charge in [-0.15, -0.1) is 11.3 Å². The third-order valence-electron chi connectivity index (χ3n) is 5.21. The molecule has 1 aliphatic rings. The lowest BCUT2D eigenvalue weighted by Crippen LogP contribution is -2.31. The number of benzene rings is 1. The molecule has 0 radical (unpaired) electrons.